The van der Waals surface area contributed by atoms with Gasteiger partial charge in [-0.15, -0.1) is 15.2 Å². The van der Waals surface area contributed by atoms with Crippen LogP contribution in [0.4, 0.5) is 5.82 Å². The Morgan fingerprint density at radius 2 is 2.16 bits per heavy atom. The Hall–Kier alpha value is -2.88. The summed E-state index contributed by atoms with van der Waals surface area (Å²) in [6.07, 6.45) is 5.55. The van der Waals surface area contributed by atoms with Crippen LogP contribution in [0, 0.1) is 5.92 Å². The molecular formula is C15H16N7O2S+. The number of nitrogens with zero attached hydrogens (tertiary/aromatic N) is 5. The molecule has 0 saturated heterocycles. The fourth-order valence-electron chi connectivity index (χ4n) is 2.49. The zero-order valence-electron chi connectivity index (χ0n) is 13.2. The summed E-state index contributed by atoms with van der Waals surface area (Å²) in [6, 6.07) is 8.07. The molecule has 2 aromatic heterocycles. The van der Waals surface area contributed by atoms with Gasteiger partial charge < -0.3 is 0 Å². The van der Waals surface area contributed by atoms with Gasteiger partial charge in [0.05, 0.1) is 6.54 Å². The molecule has 1 fully saturated rings. The van der Waals surface area contributed by atoms with Crippen LogP contribution in [0.2, 0.25) is 0 Å². The van der Waals surface area contributed by atoms with Gasteiger partial charge in [-0.25, -0.2) is 4.57 Å². The van der Waals surface area contributed by atoms with Crippen LogP contribution in [0.1, 0.15) is 12.8 Å². The van der Waals surface area contributed by atoms with E-state index in [0.29, 0.717) is 23.1 Å². The van der Waals surface area contributed by atoms with Crippen LogP contribution >= 0.6 is 0 Å². The molecule has 2 heterocycles. The molecule has 0 aliphatic heterocycles. The lowest BCUT2D eigenvalue weighted by atomic mass is 10.2. The molecule has 0 bridgehead atoms. The maximum absolute atomic E-state index is 12.8. The van der Waals surface area contributed by atoms with E-state index in [1.807, 2.05) is 4.57 Å². The fourth-order valence-corrected chi connectivity index (χ4v) is 3.61. The normalized spacial score (nSPS) is 14.4. The Morgan fingerprint density at radius 1 is 1.28 bits per heavy atom. The van der Waals surface area contributed by atoms with E-state index in [2.05, 4.69) is 30.3 Å². The topological polar surface area (TPSA) is 117 Å². The Kier molecular flexibility index (Phi) is 3.88. The molecule has 0 radical (unpaired) electrons. The Balaban J connectivity index is 1.63. The first-order valence-corrected chi connectivity index (χ1v) is 9.30. The molecule has 1 aliphatic rings. The first-order chi connectivity index (χ1) is 12.1. The van der Waals surface area contributed by atoms with Gasteiger partial charge in [0.15, 0.2) is 0 Å². The summed E-state index contributed by atoms with van der Waals surface area (Å²) in [7, 11) is -3.75. The largest absolute Gasteiger partial charge is 0.306 e. The molecule has 9 nitrogen and oxygen atoms in total. The van der Waals surface area contributed by atoms with E-state index in [4.69, 9.17) is 0 Å². The average molecular weight is 358 g/mol. The van der Waals surface area contributed by atoms with E-state index in [1.54, 1.807) is 30.7 Å². The third-order valence-electron chi connectivity index (χ3n) is 3.97. The van der Waals surface area contributed by atoms with Crippen LogP contribution in [0.25, 0.3) is 11.4 Å². The minimum absolute atomic E-state index is 0.129. The number of sulfonamides is 1. The predicted molar refractivity (Wildman–Crippen MR) is 87.6 cm³/mol. The number of hydrogen-bond donors (Lipinski definition) is 2. The molecular weight excluding hydrogens is 342 g/mol. The molecule has 4 rings (SSSR count). The number of aromatic nitrogens is 6. The lowest BCUT2D eigenvalue weighted by Crippen LogP contribution is -2.39. The molecule has 0 amide bonds. The number of H-pyrrole nitrogens is 1. The minimum atomic E-state index is -3.75. The Labute approximate surface area is 144 Å². The molecule has 1 aliphatic carbocycles. The number of benzene rings is 1. The van der Waals surface area contributed by atoms with Gasteiger partial charge in [-0.3, -0.25) is 0 Å². The summed E-state index contributed by atoms with van der Waals surface area (Å²) < 4.78 is 30.0. The molecule has 0 spiro atoms. The summed E-state index contributed by atoms with van der Waals surface area (Å²) in [5.41, 5.74) is 0.567. The maximum Gasteiger partial charge on any atom is 0.306 e. The van der Waals surface area contributed by atoms with Crippen LogP contribution in [0.5, 0.6) is 0 Å². The highest BCUT2D eigenvalue weighted by Crippen LogP contribution is 2.29. The monoisotopic (exact) mass is 358 g/mol. The van der Waals surface area contributed by atoms with Gasteiger partial charge in [0.2, 0.25) is 18.0 Å². The van der Waals surface area contributed by atoms with Crippen molar-refractivity contribution in [3.8, 4) is 11.4 Å². The third kappa shape index (κ3) is 3.48. The van der Waals surface area contributed by atoms with Crippen molar-refractivity contribution in [2.45, 2.75) is 24.3 Å². The highest BCUT2D eigenvalue weighted by atomic mass is 32.2. The standard InChI is InChI=1S/C15H15N7O2S/c23-25(24,13-3-1-2-12(8-13)15-17-20-21-18-15)19-14-6-7-16-10-22(14)9-11-4-5-11/h1-3,6-8,10-11H,4-5,9H2,(H,17,18,20,21)/p+1. The van der Waals surface area contributed by atoms with Crippen molar-refractivity contribution in [1.82, 2.24) is 25.6 Å². The Morgan fingerprint density at radius 3 is 2.92 bits per heavy atom. The summed E-state index contributed by atoms with van der Waals surface area (Å²) in [5.74, 6) is 1.43. The van der Waals surface area contributed by atoms with Crippen molar-refractivity contribution in [1.29, 1.82) is 0 Å². The molecule has 128 valence electrons. The van der Waals surface area contributed by atoms with Crippen molar-refractivity contribution in [3.05, 3.63) is 42.9 Å². The molecule has 0 unspecified atom stereocenters. The van der Waals surface area contributed by atoms with Crippen LogP contribution in [-0.2, 0) is 16.6 Å². The Bertz CT molecular complexity index is 985. The van der Waals surface area contributed by atoms with Gasteiger partial charge in [0.1, 0.15) is 11.1 Å². The van der Waals surface area contributed by atoms with Gasteiger partial charge in [0.25, 0.3) is 0 Å². The van der Waals surface area contributed by atoms with Crippen molar-refractivity contribution in [2.75, 3.05) is 4.72 Å². The smallest absolute Gasteiger partial charge is 0.235 e. The molecule has 10 heteroatoms. The van der Waals surface area contributed by atoms with E-state index >= 15 is 0 Å². The van der Waals surface area contributed by atoms with Crippen LogP contribution in [0.15, 0.2) is 47.8 Å². The van der Waals surface area contributed by atoms with E-state index in [-0.39, 0.29) is 4.90 Å². The quantitative estimate of drug-likeness (QED) is 0.628. The summed E-state index contributed by atoms with van der Waals surface area (Å²) in [5, 5.41) is 13.6. The van der Waals surface area contributed by atoms with Gasteiger partial charge in [-0.1, -0.05) is 12.1 Å². The molecule has 1 aromatic carbocycles. The number of hydrogen-bond acceptors (Lipinski definition) is 6. The van der Waals surface area contributed by atoms with Crippen LogP contribution in [-0.4, -0.2) is 34.0 Å². The zero-order chi connectivity index (χ0) is 17.3. The molecule has 1 saturated carbocycles. The first kappa shape index (κ1) is 15.6. The van der Waals surface area contributed by atoms with E-state index in [0.717, 1.165) is 6.54 Å². The highest BCUT2D eigenvalue weighted by Gasteiger charge is 2.27. The number of anilines is 1. The van der Waals surface area contributed by atoms with Gasteiger partial charge >= 0.3 is 10.0 Å². The lowest BCUT2D eigenvalue weighted by Gasteiger charge is -2.08. The van der Waals surface area contributed by atoms with Crippen molar-refractivity contribution >= 4 is 15.8 Å². The third-order valence-corrected chi connectivity index (χ3v) is 5.32. The van der Waals surface area contributed by atoms with Crippen molar-refractivity contribution in [3.63, 3.8) is 0 Å². The second-order valence-corrected chi connectivity index (χ2v) is 7.61. The SMILES string of the molecule is O=S(=O)(Nc1ccnc[n+]1CC1CC1)c1cccc(-c2nn[nH]n2)c1. The highest BCUT2D eigenvalue weighted by molar-refractivity contribution is 7.92. The second-order valence-electron chi connectivity index (χ2n) is 5.93. The number of aromatic amines is 1. The second kappa shape index (κ2) is 6.20. The first-order valence-electron chi connectivity index (χ1n) is 7.82. The van der Waals surface area contributed by atoms with Crippen LogP contribution < -0.4 is 9.29 Å². The average Bonchev–Trinajstić information content (AvgIpc) is 3.25. The number of rotatable bonds is 6. The molecule has 25 heavy (non-hydrogen) atoms. The molecule has 3 aromatic rings. The molecule has 0 atom stereocenters. The maximum atomic E-state index is 12.8. The van der Waals surface area contributed by atoms with Crippen molar-refractivity contribution < 1.29 is 13.0 Å². The van der Waals surface area contributed by atoms with E-state index < -0.39 is 10.0 Å². The van der Waals surface area contributed by atoms with Gasteiger partial charge in [-0.05, 0) is 36.1 Å². The number of tetrazole rings is 1. The van der Waals surface area contributed by atoms with Gasteiger partial charge in [0, 0.05) is 11.6 Å². The van der Waals surface area contributed by atoms with Gasteiger partial charge in [-0.2, -0.15) is 18.4 Å². The minimum Gasteiger partial charge on any atom is -0.235 e. The summed E-state index contributed by atoms with van der Waals surface area (Å²) in [6.45, 7) is 0.759. The predicted octanol–water partition coefficient (Wildman–Crippen LogP) is 0.760. The fraction of sp³-hybridized carbons (Fsp3) is 0.267. The van der Waals surface area contributed by atoms with E-state index in [1.165, 1.54) is 25.0 Å². The lowest BCUT2D eigenvalue weighted by molar-refractivity contribution is -0.688. The van der Waals surface area contributed by atoms with E-state index in [9.17, 15) is 8.42 Å². The zero-order valence-corrected chi connectivity index (χ0v) is 14.0. The van der Waals surface area contributed by atoms with Crippen LogP contribution in [0.3, 0.4) is 0 Å². The van der Waals surface area contributed by atoms with Crippen molar-refractivity contribution in [2.24, 2.45) is 5.92 Å². The summed E-state index contributed by atoms with van der Waals surface area (Å²) in [4.78, 5) is 4.21. The summed E-state index contributed by atoms with van der Waals surface area (Å²) >= 11 is 0. The number of nitrogens with one attached hydrogen (secondary N) is 2. The molecule has 2 N–H and O–H groups in total.